The van der Waals surface area contributed by atoms with E-state index >= 15 is 0 Å². The number of likely N-dealkylation sites (tertiary alicyclic amines) is 1. The number of hydrogen-bond donors (Lipinski definition) is 3. The van der Waals surface area contributed by atoms with Gasteiger partial charge in [0.15, 0.2) is 0 Å². The number of anilines is 2. The van der Waals surface area contributed by atoms with Crippen LogP contribution in [0, 0.1) is 31.6 Å². The Morgan fingerprint density at radius 2 is 1.29 bits per heavy atom. The molecular formula is C49H58N12O9. The van der Waals surface area contributed by atoms with Crippen molar-refractivity contribution in [2.75, 3.05) is 44.5 Å². The van der Waals surface area contributed by atoms with Crippen molar-refractivity contribution in [1.82, 2.24) is 43.6 Å². The van der Waals surface area contributed by atoms with Gasteiger partial charge in [0.2, 0.25) is 17.8 Å². The maximum absolute atomic E-state index is 13.9. The van der Waals surface area contributed by atoms with Crippen molar-refractivity contribution >= 4 is 63.7 Å². The molecule has 1 aliphatic rings. The molecule has 1 saturated heterocycles. The summed E-state index contributed by atoms with van der Waals surface area (Å²) in [4.78, 5) is 76.8. The predicted molar refractivity (Wildman–Crippen MR) is 260 cm³/mol. The van der Waals surface area contributed by atoms with Gasteiger partial charge in [-0.25, -0.2) is 19.6 Å². The Morgan fingerprint density at radius 3 is 1.77 bits per heavy atom. The highest BCUT2D eigenvalue weighted by Gasteiger charge is 2.27. The van der Waals surface area contributed by atoms with Gasteiger partial charge in [0.05, 0.1) is 42.2 Å². The van der Waals surface area contributed by atoms with E-state index in [9.17, 15) is 24.0 Å². The molecule has 0 saturated carbocycles. The number of fused-ring (bicyclic) bond motifs is 2. The fourth-order valence-electron chi connectivity index (χ4n) is 8.11. The van der Waals surface area contributed by atoms with Gasteiger partial charge in [0.25, 0.3) is 11.8 Å². The van der Waals surface area contributed by atoms with Crippen LogP contribution in [0.3, 0.4) is 0 Å². The molecule has 2 aromatic carbocycles. The van der Waals surface area contributed by atoms with Crippen LogP contribution in [0.2, 0.25) is 0 Å². The number of aryl methyl sites for hydroxylation is 4. The number of primary amides is 1. The lowest BCUT2D eigenvalue weighted by atomic mass is 9.98. The van der Waals surface area contributed by atoms with Crippen LogP contribution >= 0.6 is 0 Å². The first-order valence-corrected chi connectivity index (χ1v) is 22.9. The molecule has 4 amide bonds. The molecule has 0 bridgehead atoms. The van der Waals surface area contributed by atoms with Crippen molar-refractivity contribution in [3.63, 3.8) is 0 Å². The number of nitrogens with two attached hydrogens (primary N) is 1. The van der Waals surface area contributed by atoms with Gasteiger partial charge in [-0.1, -0.05) is 24.0 Å². The number of amides is 4. The van der Waals surface area contributed by atoms with E-state index in [2.05, 4.69) is 32.7 Å². The highest BCUT2D eigenvalue weighted by atomic mass is 16.6. The molecule has 7 rings (SSSR count). The first kappa shape index (κ1) is 49.7. The van der Waals surface area contributed by atoms with Crippen molar-refractivity contribution in [3.05, 3.63) is 82.5 Å². The van der Waals surface area contributed by atoms with Crippen molar-refractivity contribution < 1.29 is 42.9 Å². The van der Waals surface area contributed by atoms with E-state index in [0.29, 0.717) is 89.6 Å². The lowest BCUT2D eigenvalue weighted by molar-refractivity contribution is 0.0199. The minimum Gasteiger partial charge on any atom is -0.494 e. The minimum absolute atomic E-state index is 0.0253. The van der Waals surface area contributed by atoms with Crippen molar-refractivity contribution in [2.24, 2.45) is 11.7 Å². The van der Waals surface area contributed by atoms with E-state index in [0.717, 1.165) is 0 Å². The zero-order chi connectivity index (χ0) is 50.4. The van der Waals surface area contributed by atoms with Gasteiger partial charge < -0.3 is 38.7 Å². The molecule has 0 atom stereocenters. The summed E-state index contributed by atoms with van der Waals surface area (Å²) < 4.78 is 29.2. The molecule has 1 aliphatic heterocycles. The number of ether oxygens (including phenoxy) is 4. The lowest BCUT2D eigenvalue weighted by Gasteiger charge is -2.31. The largest absolute Gasteiger partial charge is 0.494 e. The number of aromatic nitrogens is 8. The third kappa shape index (κ3) is 11.1. The van der Waals surface area contributed by atoms with Crippen LogP contribution < -0.4 is 25.8 Å². The van der Waals surface area contributed by atoms with Crippen LogP contribution in [0.5, 0.6) is 11.5 Å². The summed E-state index contributed by atoms with van der Waals surface area (Å²) in [6, 6.07) is 9.50. The summed E-state index contributed by atoms with van der Waals surface area (Å²) in [6.07, 6.45) is 4.64. The summed E-state index contributed by atoms with van der Waals surface area (Å²) in [6.45, 7) is 15.0. The van der Waals surface area contributed by atoms with Gasteiger partial charge in [-0.3, -0.25) is 34.4 Å². The maximum Gasteiger partial charge on any atom is 0.410 e. The SMILES string of the molecule is CCn1nc(C)cc1C(=O)Nc1nc2cc(C(=O)OC)cc(OC)c2n1C/C=C/Cn1c(NC(=O)c2cc(C)nn2CC)nc2cc(C(N)=O)cc(OCC#CC3CCN(C(=O)OC(C)(C)C)CC3)c21. The first-order valence-electron chi connectivity index (χ1n) is 22.9. The standard InChI is InChI=1S/C49H58N12O9/c1-10-60-36(23-29(3)55-60)43(63)53-46-52-35-26-33(45(65)68-9)28-38(67-8)40(35)58(46)18-12-13-19-59-41-34(51-47(59)54-44(64)37-24-30(4)56-61(37)11-2)25-32(42(50)62)27-39(41)69-22-14-15-31-16-20-57(21-17-31)48(66)70-49(5,6)7/h12-13,23-28,31H,10-11,16-22H2,1-9H3,(H2,50,62)(H,51,54,64)(H,52,53,63)/b13-12+. The zero-order valence-electron chi connectivity index (χ0n) is 40.8. The molecule has 0 unspecified atom stereocenters. The van der Waals surface area contributed by atoms with Crippen LogP contribution in [-0.2, 0) is 35.7 Å². The molecule has 0 aliphatic carbocycles. The fourth-order valence-corrected chi connectivity index (χ4v) is 8.11. The summed E-state index contributed by atoms with van der Waals surface area (Å²) in [5, 5.41) is 14.7. The molecule has 0 radical (unpaired) electrons. The average molecular weight is 959 g/mol. The van der Waals surface area contributed by atoms with Crippen LogP contribution in [0.1, 0.15) is 101 Å². The van der Waals surface area contributed by atoms with Gasteiger partial charge in [-0.2, -0.15) is 10.2 Å². The Hall–Kier alpha value is -8.15. The average Bonchev–Trinajstić information content (AvgIpc) is 4.10. The molecule has 368 valence electrons. The normalized spacial score (nSPS) is 13.1. The summed E-state index contributed by atoms with van der Waals surface area (Å²) in [5.74, 6) is 5.04. The second kappa shape index (κ2) is 21.0. The smallest absolute Gasteiger partial charge is 0.410 e. The third-order valence-electron chi connectivity index (χ3n) is 11.4. The van der Waals surface area contributed by atoms with Crippen LogP contribution in [-0.4, -0.2) is 113 Å². The first-order chi connectivity index (χ1) is 33.4. The molecule has 6 aromatic rings. The number of hydrogen-bond acceptors (Lipinski definition) is 13. The number of esters is 1. The topological polar surface area (TPSA) is 247 Å². The van der Waals surface area contributed by atoms with Crippen LogP contribution in [0.15, 0.2) is 48.6 Å². The Balaban J connectivity index is 1.22. The van der Waals surface area contributed by atoms with E-state index in [1.807, 2.05) is 46.8 Å². The molecule has 21 nitrogen and oxygen atoms in total. The zero-order valence-corrected chi connectivity index (χ0v) is 40.8. The molecule has 70 heavy (non-hydrogen) atoms. The molecule has 5 heterocycles. The van der Waals surface area contributed by atoms with Crippen molar-refractivity contribution in [3.8, 4) is 23.3 Å². The number of methoxy groups -OCH3 is 2. The van der Waals surface area contributed by atoms with Crippen LogP contribution in [0.4, 0.5) is 16.7 Å². The molecule has 4 N–H and O–H groups in total. The number of rotatable bonds is 15. The second-order valence-electron chi connectivity index (χ2n) is 17.5. The monoisotopic (exact) mass is 958 g/mol. The molecule has 1 fully saturated rings. The predicted octanol–water partition coefficient (Wildman–Crippen LogP) is 6.12. The van der Waals surface area contributed by atoms with Gasteiger partial charge >= 0.3 is 12.1 Å². The summed E-state index contributed by atoms with van der Waals surface area (Å²) >= 11 is 0. The number of allylic oxidation sites excluding steroid dienone is 2. The number of carbonyl (C=O) groups is 5. The quantitative estimate of drug-likeness (QED) is 0.0597. The second-order valence-corrected chi connectivity index (χ2v) is 17.5. The van der Waals surface area contributed by atoms with Crippen molar-refractivity contribution in [2.45, 2.75) is 93.1 Å². The van der Waals surface area contributed by atoms with Gasteiger partial charge in [0.1, 0.15) is 46.1 Å². The maximum atomic E-state index is 13.9. The number of carbonyl (C=O) groups excluding carboxylic acids is 5. The minimum atomic E-state index is -0.712. The number of piperidine rings is 1. The molecule has 4 aromatic heterocycles. The highest BCUT2D eigenvalue weighted by Crippen LogP contribution is 2.33. The number of benzene rings is 2. The third-order valence-corrected chi connectivity index (χ3v) is 11.4. The Morgan fingerprint density at radius 1 is 0.771 bits per heavy atom. The van der Waals surface area contributed by atoms with E-state index in [1.54, 1.807) is 55.4 Å². The van der Waals surface area contributed by atoms with Gasteiger partial charge in [-0.05, 0) is 97.7 Å². The molecular weight excluding hydrogens is 901 g/mol. The van der Waals surface area contributed by atoms with E-state index in [4.69, 9.17) is 34.6 Å². The number of nitrogens with zero attached hydrogens (tertiary/aromatic N) is 9. The Bertz CT molecular complexity index is 3080. The van der Waals surface area contributed by atoms with E-state index in [-0.39, 0.29) is 60.5 Å². The Labute approximate surface area is 404 Å². The lowest BCUT2D eigenvalue weighted by Crippen LogP contribution is -2.41. The summed E-state index contributed by atoms with van der Waals surface area (Å²) in [5.41, 5.74) is 9.13. The highest BCUT2D eigenvalue weighted by molar-refractivity contribution is 6.05. The van der Waals surface area contributed by atoms with Crippen LogP contribution in [0.25, 0.3) is 22.1 Å². The fraction of sp³-hybridized carbons (Fsp3) is 0.408. The summed E-state index contributed by atoms with van der Waals surface area (Å²) in [7, 11) is 2.74. The van der Waals surface area contributed by atoms with Crippen molar-refractivity contribution in [1.29, 1.82) is 0 Å². The van der Waals surface area contributed by atoms with E-state index < -0.39 is 29.3 Å². The molecule has 21 heteroatoms. The number of nitrogens with one attached hydrogen (secondary N) is 2. The molecule has 0 spiro atoms. The van der Waals surface area contributed by atoms with Gasteiger partial charge in [-0.15, -0.1) is 0 Å². The Kier molecular flexibility index (Phi) is 14.9. The number of imidazole rings is 2. The van der Waals surface area contributed by atoms with E-state index in [1.165, 1.54) is 32.4 Å². The van der Waals surface area contributed by atoms with Gasteiger partial charge in [0, 0.05) is 50.7 Å².